The first kappa shape index (κ1) is 29.4. The lowest BCUT2D eigenvalue weighted by atomic mass is 10.0. The number of ether oxygens (including phenoxy) is 1. The number of aromatic nitrogens is 3. The van der Waals surface area contributed by atoms with E-state index in [-0.39, 0.29) is 18.4 Å². The van der Waals surface area contributed by atoms with Crippen molar-refractivity contribution in [2.45, 2.75) is 25.9 Å². The standard InChI is InChI=1S/C33H37N5O3/c1-25-29(23-35-37(25)3)17-18-32(39)38(24-27-13-15-28(16-14-27)30-12-8-9-19-34-30)31(22-26-10-6-5-7-11-26)33(40)36(2)20-21-41-4/h5-19,23,31H,20-22,24H2,1-4H3/b18-17+/t31-/m0/s1. The van der Waals surface area contributed by atoms with Crippen molar-refractivity contribution in [3.05, 3.63) is 114 Å². The number of nitrogens with zero attached hydrogens (tertiary/aromatic N) is 5. The summed E-state index contributed by atoms with van der Waals surface area (Å²) in [6.07, 6.45) is 7.17. The van der Waals surface area contributed by atoms with Crippen LogP contribution in [0.3, 0.4) is 0 Å². The molecule has 4 aromatic rings. The van der Waals surface area contributed by atoms with Gasteiger partial charge < -0.3 is 14.5 Å². The van der Waals surface area contributed by atoms with Crippen LogP contribution in [-0.2, 0) is 34.3 Å². The van der Waals surface area contributed by atoms with Gasteiger partial charge in [-0.3, -0.25) is 19.3 Å². The molecule has 0 unspecified atom stereocenters. The number of carbonyl (C=O) groups is 2. The molecule has 8 heteroatoms. The zero-order valence-electron chi connectivity index (χ0n) is 24.1. The van der Waals surface area contributed by atoms with Crippen LogP contribution in [0, 0.1) is 6.92 Å². The number of amides is 2. The van der Waals surface area contributed by atoms with E-state index in [2.05, 4.69) is 10.1 Å². The maximum atomic E-state index is 13.9. The number of likely N-dealkylation sites (N-methyl/N-ethyl adjacent to an activating group) is 1. The van der Waals surface area contributed by atoms with Crippen LogP contribution in [-0.4, -0.2) is 69.7 Å². The summed E-state index contributed by atoms with van der Waals surface area (Å²) >= 11 is 0. The van der Waals surface area contributed by atoms with Crippen LogP contribution in [0.25, 0.3) is 17.3 Å². The molecule has 0 radical (unpaired) electrons. The lowest BCUT2D eigenvalue weighted by Gasteiger charge is -2.33. The van der Waals surface area contributed by atoms with E-state index < -0.39 is 6.04 Å². The zero-order valence-corrected chi connectivity index (χ0v) is 24.1. The number of rotatable bonds is 12. The van der Waals surface area contributed by atoms with Crippen LogP contribution in [0.5, 0.6) is 0 Å². The Balaban J connectivity index is 1.69. The normalized spacial score (nSPS) is 11.9. The summed E-state index contributed by atoms with van der Waals surface area (Å²) < 4.78 is 6.98. The van der Waals surface area contributed by atoms with Crippen molar-refractivity contribution in [2.24, 2.45) is 7.05 Å². The number of pyridine rings is 1. The second kappa shape index (κ2) is 14.2. The first-order chi connectivity index (χ1) is 19.9. The number of benzene rings is 2. The number of methoxy groups -OCH3 is 1. The van der Waals surface area contributed by atoms with Crippen molar-refractivity contribution < 1.29 is 14.3 Å². The highest BCUT2D eigenvalue weighted by atomic mass is 16.5. The molecule has 0 saturated carbocycles. The molecule has 0 aliphatic carbocycles. The number of hydrogen-bond donors (Lipinski definition) is 0. The molecule has 212 valence electrons. The largest absolute Gasteiger partial charge is 0.383 e. The summed E-state index contributed by atoms with van der Waals surface area (Å²) in [5, 5.41) is 4.27. The van der Waals surface area contributed by atoms with Crippen LogP contribution in [0.4, 0.5) is 0 Å². The maximum absolute atomic E-state index is 13.9. The van der Waals surface area contributed by atoms with E-state index in [4.69, 9.17) is 4.74 Å². The highest BCUT2D eigenvalue weighted by Gasteiger charge is 2.31. The van der Waals surface area contributed by atoms with E-state index in [1.165, 1.54) is 6.08 Å². The molecule has 0 aliphatic rings. The Bertz CT molecular complexity index is 1450. The average Bonchev–Trinajstić information content (AvgIpc) is 3.33. The molecule has 8 nitrogen and oxygen atoms in total. The third kappa shape index (κ3) is 7.77. The average molecular weight is 552 g/mol. The summed E-state index contributed by atoms with van der Waals surface area (Å²) in [4.78, 5) is 35.5. The molecule has 2 amide bonds. The van der Waals surface area contributed by atoms with Gasteiger partial charge in [0.25, 0.3) is 0 Å². The smallest absolute Gasteiger partial charge is 0.247 e. The lowest BCUT2D eigenvalue weighted by Crippen LogP contribution is -2.51. The van der Waals surface area contributed by atoms with Gasteiger partial charge in [0.05, 0.1) is 18.5 Å². The molecule has 2 heterocycles. The fourth-order valence-corrected chi connectivity index (χ4v) is 4.55. The topological polar surface area (TPSA) is 80.6 Å². The van der Waals surface area contributed by atoms with Crippen LogP contribution in [0.2, 0.25) is 0 Å². The minimum absolute atomic E-state index is 0.143. The van der Waals surface area contributed by atoms with E-state index in [1.54, 1.807) is 47.1 Å². The Kier molecular flexibility index (Phi) is 10.2. The molecule has 0 aliphatic heterocycles. The highest BCUT2D eigenvalue weighted by molar-refractivity contribution is 5.95. The minimum Gasteiger partial charge on any atom is -0.383 e. The van der Waals surface area contributed by atoms with Crippen LogP contribution < -0.4 is 0 Å². The van der Waals surface area contributed by atoms with Gasteiger partial charge in [-0.05, 0) is 36.3 Å². The molecule has 1 atom stereocenters. The Morgan fingerprint density at radius 1 is 1.00 bits per heavy atom. The van der Waals surface area contributed by atoms with E-state index in [0.717, 1.165) is 33.6 Å². The predicted molar refractivity (Wildman–Crippen MR) is 161 cm³/mol. The van der Waals surface area contributed by atoms with Gasteiger partial charge >= 0.3 is 0 Å². The summed E-state index contributed by atoms with van der Waals surface area (Å²) in [5.41, 5.74) is 5.54. The second-order valence-corrected chi connectivity index (χ2v) is 9.98. The molecule has 0 N–H and O–H groups in total. The van der Waals surface area contributed by atoms with Gasteiger partial charge in [0, 0.05) is 69.8 Å². The summed E-state index contributed by atoms with van der Waals surface area (Å²) in [6.45, 7) is 3.04. The molecule has 0 spiro atoms. The molecule has 4 rings (SSSR count). The number of carbonyl (C=O) groups excluding carboxylic acids is 2. The summed E-state index contributed by atoms with van der Waals surface area (Å²) in [7, 11) is 5.22. The predicted octanol–water partition coefficient (Wildman–Crippen LogP) is 4.55. The Labute approximate surface area is 241 Å². The van der Waals surface area contributed by atoms with Gasteiger partial charge in [0.1, 0.15) is 6.04 Å². The molecule has 0 saturated heterocycles. The number of hydrogen-bond acceptors (Lipinski definition) is 5. The first-order valence-corrected chi connectivity index (χ1v) is 13.6. The quantitative estimate of drug-likeness (QED) is 0.242. The van der Waals surface area contributed by atoms with Crippen LogP contribution in [0.15, 0.2) is 91.3 Å². The molecular formula is C33H37N5O3. The molecule has 2 aromatic carbocycles. The summed E-state index contributed by atoms with van der Waals surface area (Å²) in [6, 6.07) is 22.8. The fourth-order valence-electron chi connectivity index (χ4n) is 4.55. The fraction of sp³-hybridized carbons (Fsp3) is 0.273. The maximum Gasteiger partial charge on any atom is 0.247 e. The Morgan fingerprint density at radius 2 is 1.73 bits per heavy atom. The minimum atomic E-state index is -0.720. The molecule has 0 bridgehead atoms. The van der Waals surface area contributed by atoms with Crippen molar-refractivity contribution in [2.75, 3.05) is 27.3 Å². The van der Waals surface area contributed by atoms with Gasteiger partial charge in [-0.1, -0.05) is 60.7 Å². The Morgan fingerprint density at radius 3 is 2.37 bits per heavy atom. The van der Waals surface area contributed by atoms with Crippen molar-refractivity contribution in [1.29, 1.82) is 0 Å². The summed E-state index contributed by atoms with van der Waals surface area (Å²) in [5.74, 6) is -0.396. The van der Waals surface area contributed by atoms with Crippen molar-refractivity contribution >= 4 is 17.9 Å². The van der Waals surface area contributed by atoms with E-state index >= 15 is 0 Å². The highest BCUT2D eigenvalue weighted by Crippen LogP contribution is 2.21. The third-order valence-electron chi connectivity index (χ3n) is 7.17. The van der Waals surface area contributed by atoms with Gasteiger partial charge in [-0.2, -0.15) is 5.10 Å². The van der Waals surface area contributed by atoms with E-state index in [0.29, 0.717) is 19.6 Å². The van der Waals surface area contributed by atoms with Gasteiger partial charge in [0.15, 0.2) is 0 Å². The monoisotopic (exact) mass is 551 g/mol. The second-order valence-electron chi connectivity index (χ2n) is 9.98. The van der Waals surface area contributed by atoms with Crippen molar-refractivity contribution in [3.8, 4) is 11.3 Å². The molecule has 2 aromatic heterocycles. The van der Waals surface area contributed by atoms with E-state index in [9.17, 15) is 9.59 Å². The van der Waals surface area contributed by atoms with Crippen molar-refractivity contribution in [3.63, 3.8) is 0 Å². The molecule has 41 heavy (non-hydrogen) atoms. The first-order valence-electron chi connectivity index (χ1n) is 13.6. The molecular weight excluding hydrogens is 514 g/mol. The van der Waals surface area contributed by atoms with Crippen LogP contribution in [0.1, 0.15) is 22.4 Å². The SMILES string of the molecule is COCCN(C)C(=O)[C@H](Cc1ccccc1)N(Cc1ccc(-c2ccccn2)cc1)C(=O)/C=C/c1cnn(C)c1C. The Hall–Kier alpha value is -4.56. The van der Waals surface area contributed by atoms with Crippen LogP contribution >= 0.6 is 0 Å². The lowest BCUT2D eigenvalue weighted by molar-refractivity contribution is -0.143. The zero-order chi connectivity index (χ0) is 29.2. The van der Waals surface area contributed by atoms with Crippen molar-refractivity contribution in [1.82, 2.24) is 24.6 Å². The van der Waals surface area contributed by atoms with Gasteiger partial charge in [0.2, 0.25) is 11.8 Å². The van der Waals surface area contributed by atoms with E-state index in [1.807, 2.05) is 86.8 Å². The third-order valence-corrected chi connectivity index (χ3v) is 7.17. The van der Waals surface area contributed by atoms with Gasteiger partial charge in [-0.15, -0.1) is 0 Å². The number of aryl methyl sites for hydroxylation is 1. The molecule has 0 fully saturated rings. The van der Waals surface area contributed by atoms with Gasteiger partial charge in [-0.25, -0.2) is 0 Å².